The molecule has 0 saturated carbocycles. The standard InChI is InChI=1S/C22H23N2/c1-14-8-9-20(24(5)13-14)17-12-18-16-7-6-10-23-21(16)22(3,4)19(18)11-15(17)2/h6-13H,1-5H3/q+1/i1D3. The van der Waals surface area contributed by atoms with E-state index in [1.54, 1.807) is 12.3 Å². The van der Waals surface area contributed by atoms with Gasteiger partial charge in [-0.15, -0.1) is 0 Å². The van der Waals surface area contributed by atoms with E-state index in [0.717, 1.165) is 17.0 Å². The molecule has 0 spiro atoms. The summed E-state index contributed by atoms with van der Waals surface area (Å²) in [5, 5.41) is 0. The summed E-state index contributed by atoms with van der Waals surface area (Å²) >= 11 is 0. The van der Waals surface area contributed by atoms with E-state index in [-0.39, 0.29) is 5.41 Å². The smallest absolute Gasteiger partial charge is 0.212 e. The molecule has 0 atom stereocenters. The van der Waals surface area contributed by atoms with Gasteiger partial charge >= 0.3 is 0 Å². The number of nitrogens with zero attached hydrogens (tertiary/aromatic N) is 2. The summed E-state index contributed by atoms with van der Waals surface area (Å²) in [6, 6.07) is 12.2. The molecule has 120 valence electrons. The van der Waals surface area contributed by atoms with E-state index in [0.29, 0.717) is 5.56 Å². The van der Waals surface area contributed by atoms with E-state index in [9.17, 15) is 0 Å². The van der Waals surface area contributed by atoms with Crippen LogP contribution < -0.4 is 4.57 Å². The minimum atomic E-state index is -2.10. The second-order valence-corrected chi connectivity index (χ2v) is 7.15. The zero-order chi connectivity index (χ0) is 19.6. The van der Waals surface area contributed by atoms with Crippen LogP contribution in [0.4, 0.5) is 0 Å². The fraction of sp³-hybridized carbons (Fsp3) is 0.273. The fourth-order valence-electron chi connectivity index (χ4n) is 3.86. The number of benzene rings is 1. The maximum absolute atomic E-state index is 7.63. The monoisotopic (exact) mass is 318 g/mol. The Morgan fingerprint density at radius 3 is 2.67 bits per heavy atom. The Kier molecular flexibility index (Phi) is 2.50. The molecule has 2 nitrogen and oxygen atoms in total. The van der Waals surface area contributed by atoms with Crippen molar-refractivity contribution in [3.05, 3.63) is 71.2 Å². The Bertz CT molecular complexity index is 1070. The van der Waals surface area contributed by atoms with Gasteiger partial charge in [-0.2, -0.15) is 0 Å². The Morgan fingerprint density at radius 1 is 1.08 bits per heavy atom. The van der Waals surface area contributed by atoms with E-state index >= 15 is 0 Å². The first-order chi connectivity index (χ1) is 12.6. The first-order valence-corrected chi connectivity index (χ1v) is 8.22. The van der Waals surface area contributed by atoms with Crippen LogP contribution in [-0.4, -0.2) is 4.98 Å². The van der Waals surface area contributed by atoms with Crippen molar-refractivity contribution in [1.82, 2.24) is 4.98 Å². The summed E-state index contributed by atoms with van der Waals surface area (Å²) < 4.78 is 24.8. The SMILES string of the molecule is [2H]C([2H])([2H])c1ccc(-c2cc3c(cc2C)C(C)(C)c2ncccc2-3)[n+](C)c1. The fourth-order valence-corrected chi connectivity index (χ4v) is 3.86. The Labute approximate surface area is 148 Å². The number of rotatable bonds is 1. The molecule has 0 amide bonds. The van der Waals surface area contributed by atoms with Crippen molar-refractivity contribution in [2.75, 3.05) is 0 Å². The first kappa shape index (κ1) is 12.0. The molecule has 1 aliphatic carbocycles. The predicted octanol–water partition coefficient (Wildman–Crippen LogP) is 4.50. The van der Waals surface area contributed by atoms with Gasteiger partial charge in [0, 0.05) is 38.5 Å². The second kappa shape index (κ2) is 5.01. The number of aromatic nitrogens is 2. The highest BCUT2D eigenvalue weighted by molar-refractivity contribution is 5.83. The number of aryl methyl sites for hydroxylation is 3. The topological polar surface area (TPSA) is 16.8 Å². The molecular formula is C22H23N2+. The minimum absolute atomic E-state index is 0.122. The molecule has 1 aliphatic rings. The van der Waals surface area contributed by atoms with E-state index < -0.39 is 6.85 Å². The molecule has 2 aromatic heterocycles. The predicted molar refractivity (Wildman–Crippen MR) is 97.9 cm³/mol. The first-order valence-electron chi connectivity index (χ1n) is 9.72. The average Bonchev–Trinajstić information content (AvgIpc) is 2.81. The Balaban J connectivity index is 1.92. The summed E-state index contributed by atoms with van der Waals surface area (Å²) in [4.78, 5) is 4.65. The molecule has 0 bridgehead atoms. The van der Waals surface area contributed by atoms with Crippen LogP contribution in [0.5, 0.6) is 0 Å². The lowest BCUT2D eigenvalue weighted by Crippen LogP contribution is -2.31. The van der Waals surface area contributed by atoms with Gasteiger partial charge in [-0.05, 0) is 48.7 Å². The Morgan fingerprint density at radius 2 is 1.92 bits per heavy atom. The van der Waals surface area contributed by atoms with Gasteiger partial charge in [0.15, 0.2) is 6.20 Å². The number of pyridine rings is 2. The van der Waals surface area contributed by atoms with Gasteiger partial charge in [-0.25, -0.2) is 4.57 Å². The van der Waals surface area contributed by atoms with Crippen molar-refractivity contribution < 1.29 is 8.68 Å². The van der Waals surface area contributed by atoms with Crippen LogP contribution >= 0.6 is 0 Å². The van der Waals surface area contributed by atoms with Crippen LogP contribution in [0.1, 0.15) is 40.3 Å². The molecule has 3 aromatic rings. The van der Waals surface area contributed by atoms with Crippen LogP contribution in [0.15, 0.2) is 48.8 Å². The third-order valence-electron chi connectivity index (χ3n) is 5.14. The number of hydrogen-bond donors (Lipinski definition) is 0. The molecule has 0 fully saturated rings. The molecule has 0 aliphatic heterocycles. The molecule has 1 aromatic carbocycles. The van der Waals surface area contributed by atoms with Crippen molar-refractivity contribution in [3.8, 4) is 22.4 Å². The van der Waals surface area contributed by atoms with Gasteiger partial charge < -0.3 is 0 Å². The Hall–Kier alpha value is -2.48. The summed E-state index contributed by atoms with van der Waals surface area (Å²) in [7, 11) is 1.90. The number of fused-ring (bicyclic) bond motifs is 3. The molecule has 4 rings (SSSR count). The summed E-state index contributed by atoms with van der Waals surface area (Å²) in [5.41, 5.74) is 8.30. The molecule has 2 heterocycles. The lowest BCUT2D eigenvalue weighted by molar-refractivity contribution is -0.660. The van der Waals surface area contributed by atoms with Gasteiger partial charge in [0.1, 0.15) is 7.05 Å². The third-order valence-corrected chi connectivity index (χ3v) is 5.14. The van der Waals surface area contributed by atoms with Gasteiger partial charge in [-0.1, -0.05) is 26.0 Å². The highest BCUT2D eigenvalue weighted by Crippen LogP contribution is 2.49. The summed E-state index contributed by atoms with van der Waals surface area (Å²) in [5.74, 6) is 0. The van der Waals surface area contributed by atoms with E-state index in [1.807, 2.05) is 29.9 Å². The summed E-state index contributed by atoms with van der Waals surface area (Å²) in [6.45, 7) is 4.45. The third kappa shape index (κ3) is 2.02. The van der Waals surface area contributed by atoms with Crippen LogP contribution in [-0.2, 0) is 12.5 Å². The maximum Gasteiger partial charge on any atom is 0.212 e. The molecular weight excluding hydrogens is 292 g/mol. The van der Waals surface area contributed by atoms with E-state index in [4.69, 9.17) is 4.11 Å². The van der Waals surface area contributed by atoms with Crippen LogP contribution in [0, 0.1) is 13.8 Å². The lowest BCUT2D eigenvalue weighted by Gasteiger charge is -2.20. The molecule has 2 heteroatoms. The van der Waals surface area contributed by atoms with Crippen molar-refractivity contribution in [3.63, 3.8) is 0 Å². The van der Waals surface area contributed by atoms with Gasteiger partial charge in [0.25, 0.3) is 0 Å². The van der Waals surface area contributed by atoms with Crippen molar-refractivity contribution >= 4 is 0 Å². The zero-order valence-electron chi connectivity index (χ0n) is 17.5. The molecule has 0 radical (unpaired) electrons. The second-order valence-electron chi connectivity index (χ2n) is 7.15. The van der Waals surface area contributed by atoms with Gasteiger partial charge in [0.2, 0.25) is 5.69 Å². The van der Waals surface area contributed by atoms with Crippen molar-refractivity contribution in [2.45, 2.75) is 33.0 Å². The average molecular weight is 318 g/mol. The van der Waals surface area contributed by atoms with E-state index in [1.165, 1.54) is 22.3 Å². The largest absolute Gasteiger partial charge is 0.260 e. The highest BCUT2D eigenvalue weighted by atomic mass is 14.9. The molecule has 0 unspecified atom stereocenters. The van der Waals surface area contributed by atoms with E-state index in [2.05, 4.69) is 44.0 Å². The van der Waals surface area contributed by atoms with Crippen LogP contribution in [0.25, 0.3) is 22.4 Å². The number of hydrogen-bond acceptors (Lipinski definition) is 1. The molecule has 0 saturated heterocycles. The summed E-state index contributed by atoms with van der Waals surface area (Å²) in [6.07, 6.45) is 3.56. The minimum Gasteiger partial charge on any atom is -0.260 e. The van der Waals surface area contributed by atoms with Crippen molar-refractivity contribution in [2.24, 2.45) is 7.05 Å². The molecule has 24 heavy (non-hydrogen) atoms. The normalized spacial score (nSPS) is 16.8. The van der Waals surface area contributed by atoms with Crippen molar-refractivity contribution in [1.29, 1.82) is 0 Å². The highest BCUT2D eigenvalue weighted by Gasteiger charge is 2.37. The lowest BCUT2D eigenvalue weighted by atomic mass is 9.83. The van der Waals surface area contributed by atoms with Gasteiger partial charge in [-0.3, -0.25) is 4.98 Å². The molecule has 0 N–H and O–H groups in total. The maximum atomic E-state index is 7.63. The van der Waals surface area contributed by atoms with Gasteiger partial charge in [0.05, 0.1) is 5.69 Å². The zero-order valence-corrected chi connectivity index (χ0v) is 14.5. The quantitative estimate of drug-likeness (QED) is 0.604. The van der Waals surface area contributed by atoms with Crippen LogP contribution in [0.3, 0.4) is 0 Å². The van der Waals surface area contributed by atoms with Crippen LogP contribution in [0.2, 0.25) is 0 Å².